The van der Waals surface area contributed by atoms with Crippen LogP contribution in [0.2, 0.25) is 0 Å². The molecule has 35 heavy (non-hydrogen) atoms. The summed E-state index contributed by atoms with van der Waals surface area (Å²) in [5.41, 5.74) is 1.39. The Kier molecular flexibility index (Phi) is 7.42. The van der Waals surface area contributed by atoms with Crippen molar-refractivity contribution in [2.24, 2.45) is 0 Å². The normalized spacial score (nSPS) is 14.4. The summed E-state index contributed by atoms with van der Waals surface area (Å²) in [5, 5.41) is 6.29. The van der Waals surface area contributed by atoms with Crippen LogP contribution in [0, 0.1) is 0 Å². The van der Waals surface area contributed by atoms with Crippen molar-refractivity contribution >= 4 is 45.0 Å². The maximum atomic E-state index is 13.3. The lowest BCUT2D eigenvalue weighted by molar-refractivity contribution is -0.908. The quantitative estimate of drug-likeness (QED) is 0.294. The van der Waals surface area contributed by atoms with Crippen molar-refractivity contribution in [1.29, 1.82) is 0 Å². The van der Waals surface area contributed by atoms with Gasteiger partial charge in [0.15, 0.2) is 5.16 Å². The van der Waals surface area contributed by atoms with Crippen molar-refractivity contribution in [3.63, 3.8) is 0 Å². The lowest BCUT2D eigenvalue weighted by Gasteiger charge is -2.24. The number of amides is 1. The molecule has 1 amide bonds. The van der Waals surface area contributed by atoms with Crippen LogP contribution < -0.4 is 15.8 Å². The molecule has 1 aliphatic heterocycles. The first-order valence-electron chi connectivity index (χ1n) is 12.0. The number of benzene rings is 3. The predicted molar refractivity (Wildman–Crippen MR) is 140 cm³/mol. The average molecular weight is 490 g/mol. The summed E-state index contributed by atoms with van der Waals surface area (Å²) in [6, 6.07) is 21.2. The Morgan fingerprint density at radius 1 is 1.00 bits per heavy atom. The van der Waals surface area contributed by atoms with E-state index >= 15 is 0 Å². The zero-order chi connectivity index (χ0) is 24.0. The zero-order valence-corrected chi connectivity index (χ0v) is 20.4. The lowest BCUT2D eigenvalue weighted by Crippen LogP contribution is -3.14. The second-order valence-electron chi connectivity index (χ2n) is 8.70. The number of hydrogen-bond donors (Lipinski definition) is 2. The van der Waals surface area contributed by atoms with Gasteiger partial charge in [0.25, 0.3) is 5.56 Å². The summed E-state index contributed by atoms with van der Waals surface area (Å²) in [7, 11) is 0. The predicted octanol–water partition coefficient (Wildman–Crippen LogP) is 2.59. The molecule has 2 heterocycles. The molecule has 0 bridgehead atoms. The van der Waals surface area contributed by atoms with E-state index in [0.717, 1.165) is 55.7 Å². The van der Waals surface area contributed by atoms with Crippen LogP contribution in [-0.2, 0) is 16.1 Å². The number of morpholine rings is 1. The number of fused-ring (bicyclic) bond motifs is 2. The smallest absolute Gasteiger partial charge is 0.262 e. The number of hydrogen-bond acceptors (Lipinski definition) is 5. The van der Waals surface area contributed by atoms with Gasteiger partial charge in [0.1, 0.15) is 13.1 Å². The molecular formula is C27H29N4O3S+. The fraction of sp³-hybridized carbons (Fsp3) is 0.296. The number of nitrogens with one attached hydrogen (secondary N) is 2. The maximum absolute atomic E-state index is 13.3. The molecule has 0 spiro atoms. The lowest BCUT2D eigenvalue weighted by atomic mass is 10.1. The molecule has 180 valence electrons. The topological polar surface area (TPSA) is 77.7 Å². The SMILES string of the molecule is O=C(CSc1nc2ccccc2c(=O)n1CCC[NH+]1CCOCC1)Nc1cccc2ccccc12. The Labute approximate surface area is 208 Å². The van der Waals surface area contributed by atoms with Crippen LogP contribution in [0.15, 0.2) is 76.7 Å². The minimum Gasteiger partial charge on any atom is -0.370 e. The van der Waals surface area contributed by atoms with Gasteiger partial charge in [-0.05, 0) is 23.6 Å². The third kappa shape index (κ3) is 5.56. The van der Waals surface area contributed by atoms with Crippen molar-refractivity contribution in [2.45, 2.75) is 18.1 Å². The van der Waals surface area contributed by atoms with E-state index in [1.54, 1.807) is 4.57 Å². The Hall–Kier alpha value is -3.20. The van der Waals surface area contributed by atoms with Crippen molar-refractivity contribution < 1.29 is 14.4 Å². The number of rotatable bonds is 8. The van der Waals surface area contributed by atoms with E-state index in [4.69, 9.17) is 9.72 Å². The molecule has 0 aliphatic carbocycles. The minimum atomic E-state index is -0.127. The van der Waals surface area contributed by atoms with E-state index in [1.165, 1.54) is 16.7 Å². The molecule has 1 fully saturated rings. The first-order valence-corrected chi connectivity index (χ1v) is 13.0. The number of carbonyl (C=O) groups is 1. The third-order valence-electron chi connectivity index (χ3n) is 6.33. The zero-order valence-electron chi connectivity index (χ0n) is 19.5. The van der Waals surface area contributed by atoms with Gasteiger partial charge < -0.3 is 15.0 Å². The van der Waals surface area contributed by atoms with Crippen LogP contribution in [-0.4, -0.2) is 54.1 Å². The molecule has 0 unspecified atom stereocenters. The molecule has 0 saturated carbocycles. The van der Waals surface area contributed by atoms with Crippen molar-refractivity contribution in [3.8, 4) is 0 Å². The van der Waals surface area contributed by atoms with Gasteiger partial charge in [-0.2, -0.15) is 0 Å². The second kappa shape index (κ2) is 11.0. The van der Waals surface area contributed by atoms with Crippen LogP contribution in [0.3, 0.4) is 0 Å². The van der Waals surface area contributed by atoms with E-state index < -0.39 is 0 Å². The number of anilines is 1. The molecule has 3 aromatic carbocycles. The first kappa shape index (κ1) is 23.5. The largest absolute Gasteiger partial charge is 0.370 e. The van der Waals surface area contributed by atoms with Crippen LogP contribution in [0.1, 0.15) is 6.42 Å². The standard InChI is InChI=1S/C27H28N4O3S/c32-25(28-23-12-5-8-20-7-1-2-9-21(20)23)19-35-27-29-24-11-4-3-10-22(24)26(33)31(27)14-6-13-30-15-17-34-18-16-30/h1-5,7-12H,6,13-19H2,(H,28,32)/p+1. The maximum Gasteiger partial charge on any atom is 0.262 e. The van der Waals surface area contributed by atoms with Gasteiger partial charge in [-0.1, -0.05) is 60.3 Å². The molecule has 5 rings (SSSR count). The Morgan fingerprint density at radius 2 is 1.74 bits per heavy atom. The van der Waals surface area contributed by atoms with Gasteiger partial charge in [-0.25, -0.2) is 4.98 Å². The summed E-state index contributed by atoms with van der Waals surface area (Å²) in [6.07, 6.45) is 0.866. The van der Waals surface area contributed by atoms with E-state index in [-0.39, 0.29) is 17.2 Å². The van der Waals surface area contributed by atoms with Crippen molar-refractivity contribution in [1.82, 2.24) is 9.55 Å². The summed E-state index contributed by atoms with van der Waals surface area (Å²) in [6.45, 7) is 5.14. The monoisotopic (exact) mass is 489 g/mol. The summed E-state index contributed by atoms with van der Waals surface area (Å²) < 4.78 is 7.18. The van der Waals surface area contributed by atoms with Crippen LogP contribution in [0.25, 0.3) is 21.7 Å². The number of quaternary nitrogens is 1. The highest BCUT2D eigenvalue weighted by Gasteiger charge is 2.16. The molecule has 1 aliphatic rings. The van der Waals surface area contributed by atoms with E-state index in [9.17, 15) is 9.59 Å². The summed E-state index contributed by atoms with van der Waals surface area (Å²) in [4.78, 5) is 32.4. The molecule has 2 N–H and O–H groups in total. The molecule has 0 radical (unpaired) electrons. The third-order valence-corrected chi connectivity index (χ3v) is 7.31. The van der Waals surface area contributed by atoms with Gasteiger partial charge >= 0.3 is 0 Å². The summed E-state index contributed by atoms with van der Waals surface area (Å²) in [5.74, 6) is 0.0426. The molecule has 1 aromatic heterocycles. The van der Waals surface area contributed by atoms with E-state index in [0.29, 0.717) is 22.6 Å². The molecule has 7 nitrogen and oxygen atoms in total. The number of aromatic nitrogens is 2. The number of para-hydroxylation sites is 1. The fourth-order valence-electron chi connectivity index (χ4n) is 4.50. The fourth-order valence-corrected chi connectivity index (χ4v) is 5.33. The number of nitrogens with zero attached hydrogens (tertiary/aromatic N) is 2. The Balaban J connectivity index is 1.32. The average Bonchev–Trinajstić information content (AvgIpc) is 2.90. The molecule has 0 atom stereocenters. The van der Waals surface area contributed by atoms with E-state index in [2.05, 4.69) is 5.32 Å². The molecular weight excluding hydrogens is 460 g/mol. The number of ether oxygens (including phenoxy) is 1. The Morgan fingerprint density at radius 3 is 2.60 bits per heavy atom. The second-order valence-corrected chi connectivity index (χ2v) is 9.64. The molecule has 1 saturated heterocycles. The van der Waals surface area contributed by atoms with Gasteiger partial charge in [0, 0.05) is 24.0 Å². The van der Waals surface area contributed by atoms with E-state index in [1.807, 2.05) is 66.7 Å². The highest BCUT2D eigenvalue weighted by molar-refractivity contribution is 7.99. The highest BCUT2D eigenvalue weighted by atomic mass is 32.2. The highest BCUT2D eigenvalue weighted by Crippen LogP contribution is 2.24. The molecule has 4 aromatic rings. The number of carbonyl (C=O) groups excluding carboxylic acids is 1. The van der Waals surface area contributed by atoms with Crippen LogP contribution in [0.4, 0.5) is 5.69 Å². The van der Waals surface area contributed by atoms with Gasteiger partial charge in [0.2, 0.25) is 5.91 Å². The van der Waals surface area contributed by atoms with Crippen LogP contribution in [0.5, 0.6) is 0 Å². The summed E-state index contributed by atoms with van der Waals surface area (Å²) >= 11 is 1.31. The van der Waals surface area contributed by atoms with Crippen molar-refractivity contribution in [3.05, 3.63) is 77.1 Å². The van der Waals surface area contributed by atoms with Crippen molar-refractivity contribution in [2.75, 3.05) is 43.9 Å². The first-order chi connectivity index (χ1) is 17.2. The van der Waals surface area contributed by atoms with Crippen LogP contribution >= 0.6 is 11.8 Å². The minimum absolute atomic E-state index is 0.0514. The molecule has 8 heteroatoms. The number of thioether (sulfide) groups is 1. The van der Waals surface area contributed by atoms with Gasteiger partial charge in [0.05, 0.1) is 36.4 Å². The van der Waals surface area contributed by atoms with Gasteiger partial charge in [-0.3, -0.25) is 14.2 Å². The Bertz CT molecular complexity index is 1390. The van der Waals surface area contributed by atoms with Gasteiger partial charge in [-0.15, -0.1) is 0 Å².